The molecule has 0 radical (unpaired) electrons. The Kier molecular flexibility index (Phi) is 5.40. The minimum atomic E-state index is -3.88. The van der Waals surface area contributed by atoms with E-state index in [0.29, 0.717) is 6.54 Å². The van der Waals surface area contributed by atoms with Crippen LogP contribution in [0.3, 0.4) is 0 Å². The van der Waals surface area contributed by atoms with Gasteiger partial charge >= 0.3 is 5.97 Å². The van der Waals surface area contributed by atoms with Crippen molar-refractivity contribution in [3.05, 3.63) is 53.1 Å². The van der Waals surface area contributed by atoms with Crippen molar-refractivity contribution in [2.24, 2.45) is 0 Å². The van der Waals surface area contributed by atoms with E-state index in [-0.39, 0.29) is 41.4 Å². The third-order valence-corrected chi connectivity index (χ3v) is 6.68. The number of benzene rings is 2. The first-order chi connectivity index (χ1) is 14.7. The molecule has 162 valence electrons. The maximum atomic E-state index is 12.9. The Hall–Kier alpha value is -3.40. The molecule has 2 heterocycles. The molecule has 2 amide bonds. The van der Waals surface area contributed by atoms with Crippen LogP contribution in [-0.4, -0.2) is 44.4 Å². The summed E-state index contributed by atoms with van der Waals surface area (Å²) < 4.78 is 28.4. The minimum Gasteiger partial charge on any atom is -0.481 e. The topological polar surface area (TPSA) is 133 Å². The molecule has 0 saturated carbocycles. The predicted octanol–water partition coefficient (Wildman–Crippen LogP) is 1.53. The Morgan fingerprint density at radius 3 is 2.52 bits per heavy atom. The molecule has 2 aromatic rings. The van der Waals surface area contributed by atoms with Crippen LogP contribution in [0.5, 0.6) is 0 Å². The van der Waals surface area contributed by atoms with E-state index in [1.54, 1.807) is 17.0 Å². The lowest BCUT2D eigenvalue weighted by atomic mass is 10.0. The zero-order valence-electron chi connectivity index (χ0n) is 16.6. The van der Waals surface area contributed by atoms with Crippen LogP contribution in [0.15, 0.2) is 41.3 Å². The summed E-state index contributed by atoms with van der Waals surface area (Å²) in [4.78, 5) is 36.5. The standard InChI is InChI=1S/C21H21N3O6S/c25-18-12-15-11-17(10-14-2-1-9-24(18)20(14)15)31(29,30)23-16-5-3-13(4-6-16)21(28)22-8-7-19(26)27/h3-6,10-11,23H,1-2,7-9,12H2,(H,22,28)(H,26,27). The second kappa shape index (κ2) is 8.03. The molecule has 2 aromatic carbocycles. The molecule has 0 aliphatic carbocycles. The molecule has 2 aliphatic rings. The lowest BCUT2D eigenvalue weighted by Crippen LogP contribution is -2.31. The number of carbonyl (C=O) groups excluding carboxylic acids is 2. The Bertz CT molecular complexity index is 1170. The number of aliphatic carboxylic acids is 1. The van der Waals surface area contributed by atoms with Gasteiger partial charge in [-0.1, -0.05) is 0 Å². The van der Waals surface area contributed by atoms with Crippen LogP contribution in [0.1, 0.15) is 34.3 Å². The number of aryl methyl sites for hydroxylation is 1. The zero-order valence-corrected chi connectivity index (χ0v) is 17.4. The Labute approximate surface area is 179 Å². The summed E-state index contributed by atoms with van der Waals surface area (Å²) in [6.07, 6.45) is 1.54. The van der Waals surface area contributed by atoms with Crippen LogP contribution >= 0.6 is 0 Å². The summed E-state index contributed by atoms with van der Waals surface area (Å²) in [5, 5.41) is 11.1. The number of nitrogens with one attached hydrogen (secondary N) is 2. The van der Waals surface area contributed by atoms with E-state index in [9.17, 15) is 22.8 Å². The molecule has 0 bridgehead atoms. The molecular weight excluding hydrogens is 422 g/mol. The Morgan fingerprint density at radius 2 is 1.81 bits per heavy atom. The summed E-state index contributed by atoms with van der Waals surface area (Å²) in [7, 11) is -3.88. The van der Waals surface area contributed by atoms with Crippen LogP contribution in [0.4, 0.5) is 11.4 Å². The fourth-order valence-electron chi connectivity index (χ4n) is 3.89. The lowest BCUT2D eigenvalue weighted by molar-refractivity contribution is -0.136. The molecule has 0 aromatic heterocycles. The highest BCUT2D eigenvalue weighted by Gasteiger charge is 2.33. The molecule has 9 nitrogen and oxygen atoms in total. The third-order valence-electron chi connectivity index (χ3n) is 5.32. The van der Waals surface area contributed by atoms with Crippen LogP contribution < -0.4 is 14.9 Å². The van der Waals surface area contributed by atoms with E-state index in [0.717, 1.165) is 29.7 Å². The van der Waals surface area contributed by atoms with Crippen molar-refractivity contribution in [1.82, 2.24) is 5.32 Å². The molecule has 0 unspecified atom stereocenters. The van der Waals surface area contributed by atoms with E-state index in [4.69, 9.17) is 5.11 Å². The van der Waals surface area contributed by atoms with Crippen molar-refractivity contribution in [3.63, 3.8) is 0 Å². The van der Waals surface area contributed by atoms with Crippen LogP contribution in [-0.2, 0) is 32.5 Å². The van der Waals surface area contributed by atoms with E-state index < -0.39 is 21.9 Å². The molecule has 31 heavy (non-hydrogen) atoms. The highest BCUT2D eigenvalue weighted by molar-refractivity contribution is 7.92. The van der Waals surface area contributed by atoms with E-state index >= 15 is 0 Å². The maximum Gasteiger partial charge on any atom is 0.305 e. The van der Waals surface area contributed by atoms with Crippen molar-refractivity contribution >= 4 is 39.2 Å². The molecule has 3 N–H and O–H groups in total. The Balaban J connectivity index is 1.50. The number of carboxylic acid groups (broad SMARTS) is 1. The van der Waals surface area contributed by atoms with Gasteiger partial charge < -0.3 is 15.3 Å². The third kappa shape index (κ3) is 4.24. The minimum absolute atomic E-state index is 0.00312. The van der Waals surface area contributed by atoms with Gasteiger partial charge in [-0.15, -0.1) is 0 Å². The number of sulfonamides is 1. The van der Waals surface area contributed by atoms with Gasteiger partial charge in [0.25, 0.3) is 15.9 Å². The summed E-state index contributed by atoms with van der Waals surface area (Å²) >= 11 is 0. The van der Waals surface area contributed by atoms with Gasteiger partial charge in [-0.3, -0.25) is 19.1 Å². The zero-order chi connectivity index (χ0) is 22.2. The molecule has 0 fully saturated rings. The van der Waals surface area contributed by atoms with Gasteiger partial charge in [0.15, 0.2) is 0 Å². The van der Waals surface area contributed by atoms with E-state index in [1.165, 1.54) is 24.3 Å². The smallest absolute Gasteiger partial charge is 0.305 e. The van der Waals surface area contributed by atoms with Crippen molar-refractivity contribution in [3.8, 4) is 0 Å². The second-order valence-electron chi connectivity index (χ2n) is 7.50. The monoisotopic (exact) mass is 443 g/mol. The van der Waals surface area contributed by atoms with Gasteiger partial charge in [-0.25, -0.2) is 8.42 Å². The highest BCUT2D eigenvalue weighted by atomic mass is 32.2. The average molecular weight is 443 g/mol. The quantitative estimate of drug-likeness (QED) is 0.594. The molecule has 4 rings (SSSR count). The molecule has 0 saturated heterocycles. The lowest BCUT2D eigenvalue weighted by Gasteiger charge is -2.26. The highest BCUT2D eigenvalue weighted by Crippen LogP contribution is 2.38. The Morgan fingerprint density at radius 1 is 1.10 bits per heavy atom. The van der Waals surface area contributed by atoms with Crippen LogP contribution in [0.25, 0.3) is 0 Å². The first-order valence-electron chi connectivity index (χ1n) is 9.83. The number of nitrogens with zero attached hydrogens (tertiary/aromatic N) is 1. The molecular formula is C21H21N3O6S. The summed E-state index contributed by atoms with van der Waals surface area (Å²) in [6, 6.07) is 9.01. The van der Waals surface area contributed by atoms with Crippen molar-refractivity contribution < 1.29 is 27.9 Å². The van der Waals surface area contributed by atoms with Crippen molar-refractivity contribution in [2.45, 2.75) is 30.6 Å². The van der Waals surface area contributed by atoms with Gasteiger partial charge in [0, 0.05) is 24.3 Å². The number of hydrogen-bond donors (Lipinski definition) is 3. The SMILES string of the molecule is O=C(O)CCNC(=O)c1ccc(NS(=O)(=O)c2cc3c4c(c2)CC(=O)N4CCC3)cc1. The van der Waals surface area contributed by atoms with Gasteiger partial charge in [-0.05, 0) is 60.4 Å². The van der Waals surface area contributed by atoms with Gasteiger partial charge in [0.2, 0.25) is 5.91 Å². The number of rotatable bonds is 7. The van der Waals surface area contributed by atoms with E-state index in [1.807, 2.05) is 0 Å². The number of carboxylic acids is 1. The average Bonchev–Trinajstić information content (AvgIpc) is 3.05. The molecule has 0 spiro atoms. The summed E-state index contributed by atoms with van der Waals surface area (Å²) in [5.41, 5.74) is 3.02. The van der Waals surface area contributed by atoms with Gasteiger partial charge in [0.1, 0.15) is 0 Å². The van der Waals surface area contributed by atoms with Gasteiger partial charge in [-0.2, -0.15) is 0 Å². The summed E-state index contributed by atoms with van der Waals surface area (Å²) in [6.45, 7) is 0.669. The first-order valence-corrected chi connectivity index (χ1v) is 11.3. The van der Waals surface area contributed by atoms with Crippen molar-refractivity contribution in [1.29, 1.82) is 0 Å². The number of anilines is 2. The fourth-order valence-corrected chi connectivity index (χ4v) is 5.05. The number of carbonyl (C=O) groups is 3. The molecule has 0 atom stereocenters. The molecule has 10 heteroatoms. The van der Waals surface area contributed by atoms with E-state index in [2.05, 4.69) is 10.0 Å². The maximum absolute atomic E-state index is 12.9. The van der Waals surface area contributed by atoms with Crippen molar-refractivity contribution in [2.75, 3.05) is 22.7 Å². The normalized spacial score (nSPS) is 14.8. The molecule has 2 aliphatic heterocycles. The van der Waals surface area contributed by atoms with Gasteiger partial charge in [0.05, 0.1) is 23.4 Å². The van der Waals surface area contributed by atoms with Crippen LogP contribution in [0.2, 0.25) is 0 Å². The summed E-state index contributed by atoms with van der Waals surface area (Å²) in [5.74, 6) is -1.46. The number of hydrogen-bond acceptors (Lipinski definition) is 5. The second-order valence-corrected chi connectivity index (χ2v) is 9.18. The first kappa shape index (κ1) is 20.9. The largest absolute Gasteiger partial charge is 0.481 e. The predicted molar refractivity (Wildman–Crippen MR) is 113 cm³/mol. The van der Waals surface area contributed by atoms with Crippen LogP contribution in [0, 0.1) is 0 Å². The number of amides is 2. The fraction of sp³-hybridized carbons (Fsp3) is 0.286.